The maximum atomic E-state index is 12.8. The molecule has 4 heteroatoms. The van der Waals surface area contributed by atoms with E-state index in [1.807, 2.05) is 37.3 Å². The first-order chi connectivity index (χ1) is 10.1. The first-order valence-electron chi connectivity index (χ1n) is 7.38. The number of nitrogens with one attached hydrogen (secondary N) is 1. The van der Waals surface area contributed by atoms with Gasteiger partial charge in [-0.05, 0) is 31.9 Å². The highest BCUT2D eigenvalue weighted by molar-refractivity contribution is 9.09. The molecule has 1 aliphatic carbocycles. The van der Waals surface area contributed by atoms with Crippen LogP contribution < -0.4 is 5.32 Å². The van der Waals surface area contributed by atoms with E-state index in [0.717, 1.165) is 40.3 Å². The Hall–Kier alpha value is -1.42. The lowest BCUT2D eigenvalue weighted by Gasteiger charge is -2.28. The number of aryl methyl sites for hydroxylation is 1. The summed E-state index contributed by atoms with van der Waals surface area (Å²) in [6.45, 7) is 1.93. The fraction of sp³-hybridized carbons (Fsp3) is 0.412. The van der Waals surface area contributed by atoms with Crippen molar-refractivity contribution in [3.8, 4) is 0 Å². The molecule has 0 radical (unpaired) electrons. The molecule has 0 aliphatic heterocycles. The number of pyridine rings is 1. The van der Waals surface area contributed by atoms with Crippen molar-refractivity contribution in [2.75, 3.05) is 5.33 Å². The van der Waals surface area contributed by atoms with Crippen molar-refractivity contribution in [2.24, 2.45) is 0 Å². The molecule has 1 fully saturated rings. The summed E-state index contributed by atoms with van der Waals surface area (Å²) in [4.78, 5) is 17.3. The third-order valence-electron chi connectivity index (χ3n) is 4.28. The smallest absolute Gasteiger partial charge is 0.252 e. The number of hydrogen-bond donors (Lipinski definition) is 1. The first kappa shape index (κ1) is 14.5. The van der Waals surface area contributed by atoms with Gasteiger partial charge in [0.25, 0.3) is 5.91 Å². The number of carbonyl (C=O) groups is 1. The Labute approximate surface area is 133 Å². The van der Waals surface area contributed by atoms with Gasteiger partial charge in [0.1, 0.15) is 0 Å². The summed E-state index contributed by atoms with van der Waals surface area (Å²) in [5.41, 5.74) is 2.39. The molecule has 1 saturated carbocycles. The van der Waals surface area contributed by atoms with Crippen LogP contribution in [0.3, 0.4) is 0 Å². The Kier molecular flexibility index (Phi) is 3.98. The second kappa shape index (κ2) is 5.76. The number of aromatic nitrogens is 1. The molecule has 0 atom stereocenters. The van der Waals surface area contributed by atoms with Crippen molar-refractivity contribution in [1.82, 2.24) is 10.3 Å². The number of amides is 1. The number of alkyl halides is 1. The maximum absolute atomic E-state index is 12.8. The van der Waals surface area contributed by atoms with Gasteiger partial charge in [-0.3, -0.25) is 9.78 Å². The van der Waals surface area contributed by atoms with Gasteiger partial charge in [-0.25, -0.2) is 0 Å². The van der Waals surface area contributed by atoms with Gasteiger partial charge in [0.2, 0.25) is 0 Å². The van der Waals surface area contributed by atoms with E-state index in [0.29, 0.717) is 0 Å². The van der Waals surface area contributed by atoms with Gasteiger partial charge < -0.3 is 5.32 Å². The quantitative estimate of drug-likeness (QED) is 0.854. The van der Waals surface area contributed by atoms with E-state index in [1.54, 1.807) is 0 Å². The Morgan fingerprint density at radius 3 is 2.76 bits per heavy atom. The average molecular weight is 347 g/mol. The van der Waals surface area contributed by atoms with E-state index in [4.69, 9.17) is 0 Å². The van der Waals surface area contributed by atoms with E-state index in [-0.39, 0.29) is 11.4 Å². The zero-order chi connectivity index (χ0) is 14.9. The molecule has 1 amide bonds. The molecular formula is C17H19BrN2O. The number of hydrogen-bond acceptors (Lipinski definition) is 2. The summed E-state index contributed by atoms with van der Waals surface area (Å²) in [5.74, 6) is 0.0121. The number of carbonyl (C=O) groups excluding carboxylic acids is 1. The molecule has 0 spiro atoms. The fourth-order valence-electron chi connectivity index (χ4n) is 3.15. The van der Waals surface area contributed by atoms with Crippen LogP contribution >= 0.6 is 15.9 Å². The van der Waals surface area contributed by atoms with Gasteiger partial charge in [0.05, 0.1) is 16.6 Å². The molecule has 3 nitrogen and oxygen atoms in total. The Balaban J connectivity index is 1.98. The van der Waals surface area contributed by atoms with Gasteiger partial charge in [0.15, 0.2) is 0 Å². The SMILES string of the molecule is Cc1cc(C(=O)NC2(CBr)CCCC2)c2ccccc2n1. The predicted octanol–water partition coefficient (Wildman–Crippen LogP) is 3.98. The van der Waals surface area contributed by atoms with Crippen LogP contribution in [0.1, 0.15) is 41.7 Å². The van der Waals surface area contributed by atoms with Crippen LogP contribution in [-0.2, 0) is 0 Å². The van der Waals surface area contributed by atoms with E-state index >= 15 is 0 Å². The number of para-hydroxylation sites is 1. The largest absolute Gasteiger partial charge is 0.346 e. The molecular weight excluding hydrogens is 328 g/mol. The van der Waals surface area contributed by atoms with E-state index < -0.39 is 0 Å². The molecule has 21 heavy (non-hydrogen) atoms. The molecule has 1 N–H and O–H groups in total. The zero-order valence-corrected chi connectivity index (χ0v) is 13.7. The van der Waals surface area contributed by atoms with Gasteiger partial charge in [0, 0.05) is 16.4 Å². The van der Waals surface area contributed by atoms with E-state index in [1.165, 1.54) is 12.8 Å². The van der Waals surface area contributed by atoms with E-state index in [2.05, 4.69) is 26.2 Å². The fourth-order valence-corrected chi connectivity index (χ4v) is 3.85. The highest BCUT2D eigenvalue weighted by Crippen LogP contribution is 2.32. The van der Waals surface area contributed by atoms with Crippen LogP contribution in [0.4, 0.5) is 0 Å². The first-order valence-corrected chi connectivity index (χ1v) is 8.51. The number of fused-ring (bicyclic) bond motifs is 1. The lowest BCUT2D eigenvalue weighted by molar-refractivity contribution is 0.0912. The molecule has 110 valence electrons. The van der Waals surface area contributed by atoms with Crippen molar-refractivity contribution in [3.63, 3.8) is 0 Å². The van der Waals surface area contributed by atoms with Crippen LogP contribution in [-0.4, -0.2) is 21.8 Å². The van der Waals surface area contributed by atoms with Gasteiger partial charge in [-0.15, -0.1) is 0 Å². The highest BCUT2D eigenvalue weighted by Gasteiger charge is 2.34. The number of benzene rings is 1. The topological polar surface area (TPSA) is 42.0 Å². The van der Waals surface area contributed by atoms with Crippen LogP contribution in [0, 0.1) is 6.92 Å². The molecule has 0 unspecified atom stereocenters. The average Bonchev–Trinajstić information content (AvgIpc) is 2.95. The molecule has 1 heterocycles. The Morgan fingerprint density at radius 2 is 2.05 bits per heavy atom. The summed E-state index contributed by atoms with van der Waals surface area (Å²) < 4.78 is 0. The molecule has 1 aromatic carbocycles. The van der Waals surface area contributed by atoms with E-state index in [9.17, 15) is 4.79 Å². The standard InChI is InChI=1S/C17H19BrN2O/c1-12-10-14(13-6-2-3-7-15(13)19-12)16(21)20-17(11-18)8-4-5-9-17/h2-3,6-7,10H,4-5,8-9,11H2,1H3,(H,20,21). The van der Waals surface area contributed by atoms with Crippen molar-refractivity contribution in [2.45, 2.75) is 38.1 Å². The lowest BCUT2D eigenvalue weighted by atomic mass is 9.99. The van der Waals surface area contributed by atoms with Crippen molar-refractivity contribution in [1.29, 1.82) is 0 Å². The summed E-state index contributed by atoms with van der Waals surface area (Å²) in [6.07, 6.45) is 4.46. The van der Waals surface area contributed by atoms with Crippen LogP contribution in [0.2, 0.25) is 0 Å². The normalized spacial score (nSPS) is 17.0. The lowest BCUT2D eigenvalue weighted by Crippen LogP contribution is -2.47. The highest BCUT2D eigenvalue weighted by atomic mass is 79.9. The minimum Gasteiger partial charge on any atom is -0.346 e. The minimum absolute atomic E-state index is 0.0121. The summed E-state index contributed by atoms with van der Waals surface area (Å²) in [5, 5.41) is 5.00. The van der Waals surface area contributed by atoms with Crippen molar-refractivity contribution in [3.05, 3.63) is 41.6 Å². The maximum Gasteiger partial charge on any atom is 0.252 e. The second-order valence-electron chi connectivity index (χ2n) is 5.90. The molecule has 0 saturated heterocycles. The Morgan fingerprint density at radius 1 is 1.33 bits per heavy atom. The van der Waals surface area contributed by atoms with Crippen molar-refractivity contribution >= 4 is 32.7 Å². The van der Waals surface area contributed by atoms with Gasteiger partial charge in [-0.1, -0.05) is 47.0 Å². The molecule has 0 bridgehead atoms. The summed E-state index contributed by atoms with van der Waals surface area (Å²) in [7, 11) is 0. The second-order valence-corrected chi connectivity index (χ2v) is 6.46. The van der Waals surface area contributed by atoms with Gasteiger partial charge in [-0.2, -0.15) is 0 Å². The predicted molar refractivity (Wildman–Crippen MR) is 88.9 cm³/mol. The molecule has 1 aliphatic rings. The molecule has 3 rings (SSSR count). The van der Waals surface area contributed by atoms with Crippen LogP contribution in [0.25, 0.3) is 10.9 Å². The number of halogens is 1. The van der Waals surface area contributed by atoms with Crippen LogP contribution in [0.15, 0.2) is 30.3 Å². The third-order valence-corrected chi connectivity index (χ3v) is 5.36. The van der Waals surface area contributed by atoms with Gasteiger partial charge >= 0.3 is 0 Å². The molecule has 2 aromatic rings. The minimum atomic E-state index is -0.0879. The van der Waals surface area contributed by atoms with Crippen molar-refractivity contribution < 1.29 is 4.79 Å². The molecule has 1 aromatic heterocycles. The summed E-state index contributed by atoms with van der Waals surface area (Å²) in [6, 6.07) is 9.70. The van der Waals surface area contributed by atoms with Crippen LogP contribution in [0.5, 0.6) is 0 Å². The third kappa shape index (κ3) is 2.82. The Bertz CT molecular complexity index is 678. The monoisotopic (exact) mass is 346 g/mol. The number of rotatable bonds is 3. The summed E-state index contributed by atoms with van der Waals surface area (Å²) >= 11 is 3.57. The zero-order valence-electron chi connectivity index (χ0n) is 12.2. The number of nitrogens with zero attached hydrogens (tertiary/aromatic N) is 1.